The number of carbonyl (C=O) groups excluding carboxylic acids is 1. The maximum absolute atomic E-state index is 13.7. The van der Waals surface area contributed by atoms with Gasteiger partial charge in [-0.25, -0.2) is 4.98 Å². The van der Waals surface area contributed by atoms with Crippen molar-refractivity contribution in [1.82, 2.24) is 14.5 Å². The van der Waals surface area contributed by atoms with Crippen LogP contribution in [0.4, 0.5) is 0 Å². The average Bonchev–Trinajstić information content (AvgIpc) is 2.89. The Kier molecular flexibility index (Phi) is 6.22. The molecule has 1 aromatic heterocycles. The minimum Gasteiger partial charge on any atom is -0.329 e. The van der Waals surface area contributed by atoms with Crippen LogP contribution in [0.3, 0.4) is 0 Å². The van der Waals surface area contributed by atoms with Crippen molar-refractivity contribution in [3.63, 3.8) is 0 Å². The number of nitrogens with zero attached hydrogens (tertiary/aromatic N) is 3. The zero-order chi connectivity index (χ0) is 24.5. The first-order valence-corrected chi connectivity index (χ1v) is 12.3. The van der Waals surface area contributed by atoms with Crippen LogP contribution >= 0.6 is 15.9 Å². The van der Waals surface area contributed by atoms with Gasteiger partial charge < -0.3 is 4.90 Å². The molecule has 35 heavy (non-hydrogen) atoms. The molecule has 0 radical (unpaired) electrons. The second-order valence-corrected chi connectivity index (χ2v) is 9.35. The third kappa shape index (κ3) is 4.26. The van der Waals surface area contributed by atoms with Gasteiger partial charge in [0.1, 0.15) is 5.82 Å². The standard InChI is InChI=1S/C29H24BrN3O2/c1-3-32(28(34)22-13-12-20-8-4-5-9-21(20)18-22)19(2)27-31-26-11-7-6-10-25(26)29(35)33(27)24-16-14-23(30)15-17-24/h4-19H,3H2,1-2H3. The molecule has 0 saturated carbocycles. The third-order valence-electron chi connectivity index (χ3n) is 6.33. The Balaban J connectivity index is 1.64. The summed E-state index contributed by atoms with van der Waals surface area (Å²) in [6.45, 7) is 4.34. The van der Waals surface area contributed by atoms with Crippen LogP contribution in [0.1, 0.15) is 36.1 Å². The summed E-state index contributed by atoms with van der Waals surface area (Å²) in [5, 5.41) is 2.63. The minimum absolute atomic E-state index is 0.101. The van der Waals surface area contributed by atoms with Crippen LogP contribution in [0.25, 0.3) is 27.4 Å². The summed E-state index contributed by atoms with van der Waals surface area (Å²) in [4.78, 5) is 34.0. The Morgan fingerprint density at radius 2 is 1.63 bits per heavy atom. The number of amides is 1. The topological polar surface area (TPSA) is 55.2 Å². The van der Waals surface area contributed by atoms with Crippen molar-refractivity contribution in [3.8, 4) is 5.69 Å². The van der Waals surface area contributed by atoms with Gasteiger partial charge in [0.05, 0.1) is 22.6 Å². The first-order chi connectivity index (χ1) is 17.0. The summed E-state index contributed by atoms with van der Waals surface area (Å²) in [5.74, 6) is 0.419. The van der Waals surface area contributed by atoms with Crippen LogP contribution < -0.4 is 5.56 Å². The van der Waals surface area contributed by atoms with E-state index in [-0.39, 0.29) is 11.5 Å². The highest BCUT2D eigenvalue weighted by atomic mass is 79.9. The van der Waals surface area contributed by atoms with Crippen molar-refractivity contribution in [2.24, 2.45) is 0 Å². The molecule has 0 aliphatic heterocycles. The Morgan fingerprint density at radius 3 is 2.37 bits per heavy atom. The van der Waals surface area contributed by atoms with Gasteiger partial charge in [-0.15, -0.1) is 0 Å². The number of hydrogen-bond donors (Lipinski definition) is 0. The highest BCUT2D eigenvalue weighted by Crippen LogP contribution is 2.26. The highest BCUT2D eigenvalue weighted by Gasteiger charge is 2.26. The monoisotopic (exact) mass is 525 g/mol. The summed E-state index contributed by atoms with van der Waals surface area (Å²) in [5.41, 5.74) is 1.76. The number of rotatable bonds is 5. The Bertz CT molecular complexity index is 1610. The molecule has 0 fully saturated rings. The Morgan fingerprint density at radius 1 is 0.943 bits per heavy atom. The zero-order valence-corrected chi connectivity index (χ0v) is 21.1. The van der Waals surface area contributed by atoms with Gasteiger partial charge in [-0.3, -0.25) is 14.2 Å². The van der Waals surface area contributed by atoms with E-state index in [1.165, 1.54) is 0 Å². The molecule has 174 valence electrons. The molecule has 6 heteroatoms. The van der Waals surface area contributed by atoms with Gasteiger partial charge in [0, 0.05) is 16.6 Å². The van der Waals surface area contributed by atoms with E-state index in [0.717, 1.165) is 15.2 Å². The van der Waals surface area contributed by atoms with E-state index in [0.29, 0.717) is 34.5 Å². The van der Waals surface area contributed by atoms with Gasteiger partial charge in [-0.05, 0) is 73.2 Å². The Labute approximate surface area is 211 Å². The van der Waals surface area contributed by atoms with E-state index in [2.05, 4.69) is 15.9 Å². The van der Waals surface area contributed by atoms with Gasteiger partial charge >= 0.3 is 0 Å². The number of carbonyl (C=O) groups is 1. The average molecular weight is 526 g/mol. The fourth-order valence-electron chi connectivity index (χ4n) is 4.49. The Hall–Kier alpha value is -3.77. The van der Waals surface area contributed by atoms with Crippen molar-refractivity contribution in [1.29, 1.82) is 0 Å². The lowest BCUT2D eigenvalue weighted by Crippen LogP contribution is -2.37. The number of fused-ring (bicyclic) bond motifs is 2. The first kappa shape index (κ1) is 23.0. The van der Waals surface area contributed by atoms with E-state index in [9.17, 15) is 9.59 Å². The molecular formula is C29H24BrN3O2. The molecule has 0 aliphatic rings. The van der Waals surface area contributed by atoms with E-state index < -0.39 is 6.04 Å². The largest absolute Gasteiger partial charge is 0.329 e. The van der Waals surface area contributed by atoms with Gasteiger partial charge in [0.15, 0.2) is 0 Å². The smallest absolute Gasteiger partial charge is 0.266 e. The normalized spacial score (nSPS) is 12.1. The van der Waals surface area contributed by atoms with Crippen LogP contribution in [-0.2, 0) is 0 Å². The van der Waals surface area contributed by atoms with E-state index in [1.807, 2.05) is 98.8 Å². The van der Waals surface area contributed by atoms with Gasteiger partial charge in [0.25, 0.3) is 11.5 Å². The number of para-hydroxylation sites is 1. The van der Waals surface area contributed by atoms with Crippen LogP contribution in [0.15, 0.2) is 100 Å². The summed E-state index contributed by atoms with van der Waals surface area (Å²) in [6, 6.07) is 28.1. The molecule has 5 aromatic rings. The lowest BCUT2D eigenvalue weighted by molar-refractivity contribution is 0.0693. The first-order valence-electron chi connectivity index (χ1n) is 11.6. The van der Waals surface area contributed by atoms with Crippen molar-refractivity contribution < 1.29 is 4.79 Å². The van der Waals surface area contributed by atoms with Crippen molar-refractivity contribution in [3.05, 3.63) is 117 Å². The summed E-state index contributed by atoms with van der Waals surface area (Å²) >= 11 is 3.46. The van der Waals surface area contributed by atoms with Gasteiger partial charge in [-0.2, -0.15) is 0 Å². The molecule has 1 amide bonds. The van der Waals surface area contributed by atoms with Crippen LogP contribution in [0.2, 0.25) is 0 Å². The van der Waals surface area contributed by atoms with E-state index in [1.54, 1.807) is 15.5 Å². The lowest BCUT2D eigenvalue weighted by Gasteiger charge is -2.29. The molecule has 4 aromatic carbocycles. The minimum atomic E-state index is -0.445. The van der Waals surface area contributed by atoms with E-state index >= 15 is 0 Å². The molecule has 5 rings (SSSR count). The maximum Gasteiger partial charge on any atom is 0.266 e. The molecule has 5 nitrogen and oxygen atoms in total. The molecule has 0 spiro atoms. The quantitative estimate of drug-likeness (QED) is 0.262. The molecule has 1 unspecified atom stereocenters. The van der Waals surface area contributed by atoms with Crippen molar-refractivity contribution in [2.45, 2.75) is 19.9 Å². The van der Waals surface area contributed by atoms with Crippen LogP contribution in [0.5, 0.6) is 0 Å². The summed E-state index contributed by atoms with van der Waals surface area (Å²) in [7, 11) is 0. The molecule has 0 aliphatic carbocycles. The summed E-state index contributed by atoms with van der Waals surface area (Å²) < 4.78 is 2.54. The fourth-order valence-corrected chi connectivity index (χ4v) is 4.76. The SMILES string of the molecule is CCN(C(=O)c1ccc2ccccc2c1)C(C)c1nc2ccccc2c(=O)n1-c1ccc(Br)cc1. The molecule has 1 heterocycles. The van der Waals surface area contributed by atoms with Crippen LogP contribution in [-0.4, -0.2) is 26.9 Å². The second-order valence-electron chi connectivity index (χ2n) is 8.43. The number of hydrogen-bond acceptors (Lipinski definition) is 3. The molecule has 0 bridgehead atoms. The van der Waals surface area contributed by atoms with Gasteiger partial charge in [-0.1, -0.05) is 58.4 Å². The maximum atomic E-state index is 13.7. The van der Waals surface area contributed by atoms with E-state index in [4.69, 9.17) is 4.98 Å². The second kappa shape index (κ2) is 9.47. The molecule has 0 saturated heterocycles. The molecule has 0 N–H and O–H groups in total. The number of halogens is 1. The predicted octanol–water partition coefficient (Wildman–Crippen LogP) is 6.52. The number of aromatic nitrogens is 2. The van der Waals surface area contributed by atoms with Crippen molar-refractivity contribution in [2.75, 3.05) is 6.54 Å². The fraction of sp³-hybridized carbons (Fsp3) is 0.138. The summed E-state index contributed by atoms with van der Waals surface area (Å²) in [6.07, 6.45) is 0. The number of benzene rings is 4. The van der Waals surface area contributed by atoms with Crippen molar-refractivity contribution >= 4 is 43.5 Å². The molecule has 1 atom stereocenters. The predicted molar refractivity (Wildman–Crippen MR) is 144 cm³/mol. The van der Waals surface area contributed by atoms with Gasteiger partial charge in [0.2, 0.25) is 0 Å². The third-order valence-corrected chi connectivity index (χ3v) is 6.85. The molecular weight excluding hydrogens is 502 g/mol. The highest BCUT2D eigenvalue weighted by molar-refractivity contribution is 9.10. The van der Waals surface area contributed by atoms with Crippen LogP contribution in [0, 0.1) is 0 Å². The zero-order valence-electron chi connectivity index (χ0n) is 19.5. The lowest BCUT2D eigenvalue weighted by atomic mass is 10.1.